The average Bonchev–Trinajstić information content (AvgIpc) is 2.16. The van der Waals surface area contributed by atoms with Crippen molar-refractivity contribution in [2.45, 2.75) is 34.1 Å². The molecule has 0 unspecified atom stereocenters. The molecular formula is C15H22O. The lowest BCUT2D eigenvalue weighted by atomic mass is 9.87. The van der Waals surface area contributed by atoms with Crippen LogP contribution >= 0.6 is 0 Å². The van der Waals surface area contributed by atoms with Crippen molar-refractivity contribution in [3.05, 3.63) is 35.4 Å². The van der Waals surface area contributed by atoms with Crippen LogP contribution in [0.1, 0.15) is 38.8 Å². The third kappa shape index (κ3) is 3.73. The highest BCUT2D eigenvalue weighted by Crippen LogP contribution is 2.26. The number of allylic oxidation sites excluding steroid dienone is 1. The highest BCUT2D eigenvalue weighted by atomic mass is 16.5. The topological polar surface area (TPSA) is 9.23 Å². The molecule has 0 radical (unpaired) electrons. The SMILES string of the molecule is CC=Cc1cc(CC(C)(C)C)ccc1OC. The summed E-state index contributed by atoms with van der Waals surface area (Å²) in [6.07, 6.45) is 5.21. The molecule has 1 nitrogen and oxygen atoms in total. The Labute approximate surface area is 99.1 Å². The van der Waals surface area contributed by atoms with E-state index in [-0.39, 0.29) is 0 Å². The van der Waals surface area contributed by atoms with Gasteiger partial charge in [0, 0.05) is 5.56 Å². The summed E-state index contributed by atoms with van der Waals surface area (Å²) in [5.41, 5.74) is 2.84. The second-order valence-electron chi connectivity index (χ2n) is 5.31. The minimum Gasteiger partial charge on any atom is -0.496 e. The number of benzene rings is 1. The summed E-state index contributed by atoms with van der Waals surface area (Å²) in [5, 5.41) is 0. The van der Waals surface area contributed by atoms with Gasteiger partial charge in [-0.1, -0.05) is 39.0 Å². The zero-order chi connectivity index (χ0) is 12.2. The largest absolute Gasteiger partial charge is 0.496 e. The molecule has 0 bridgehead atoms. The first kappa shape index (κ1) is 12.8. The van der Waals surface area contributed by atoms with Crippen LogP contribution in [0, 0.1) is 5.41 Å². The molecule has 0 fully saturated rings. The van der Waals surface area contributed by atoms with Gasteiger partial charge >= 0.3 is 0 Å². The maximum absolute atomic E-state index is 5.33. The molecule has 0 aromatic heterocycles. The molecule has 88 valence electrons. The summed E-state index contributed by atoms with van der Waals surface area (Å²) in [4.78, 5) is 0. The Kier molecular flexibility index (Phi) is 4.17. The highest BCUT2D eigenvalue weighted by Gasteiger charge is 2.12. The van der Waals surface area contributed by atoms with Crippen LogP contribution in [0.3, 0.4) is 0 Å². The second-order valence-corrected chi connectivity index (χ2v) is 5.31. The third-order valence-corrected chi connectivity index (χ3v) is 2.37. The van der Waals surface area contributed by atoms with Gasteiger partial charge in [-0.05, 0) is 36.5 Å². The van der Waals surface area contributed by atoms with Gasteiger partial charge in [0.1, 0.15) is 5.75 Å². The minimum absolute atomic E-state index is 0.321. The van der Waals surface area contributed by atoms with Gasteiger partial charge < -0.3 is 4.74 Å². The van der Waals surface area contributed by atoms with Crippen molar-refractivity contribution < 1.29 is 4.74 Å². The first-order chi connectivity index (χ1) is 7.46. The number of hydrogen-bond donors (Lipinski definition) is 0. The fourth-order valence-electron chi connectivity index (χ4n) is 1.82. The van der Waals surface area contributed by atoms with Crippen LogP contribution in [0.25, 0.3) is 6.08 Å². The number of ether oxygens (including phenoxy) is 1. The van der Waals surface area contributed by atoms with Crippen molar-refractivity contribution in [2.75, 3.05) is 7.11 Å². The van der Waals surface area contributed by atoms with E-state index < -0.39 is 0 Å². The van der Waals surface area contributed by atoms with Gasteiger partial charge in [-0.25, -0.2) is 0 Å². The predicted molar refractivity (Wildman–Crippen MR) is 70.9 cm³/mol. The molecule has 1 heteroatoms. The lowest BCUT2D eigenvalue weighted by Gasteiger charge is -2.18. The van der Waals surface area contributed by atoms with Crippen LogP contribution in [0.2, 0.25) is 0 Å². The molecule has 0 aliphatic heterocycles. The van der Waals surface area contributed by atoms with Crippen LogP contribution in [0.4, 0.5) is 0 Å². The Morgan fingerprint density at radius 2 is 1.94 bits per heavy atom. The van der Waals surface area contributed by atoms with E-state index >= 15 is 0 Å². The average molecular weight is 218 g/mol. The Balaban J connectivity index is 3.02. The van der Waals surface area contributed by atoms with Gasteiger partial charge in [-0.15, -0.1) is 0 Å². The van der Waals surface area contributed by atoms with Gasteiger partial charge in [-0.2, -0.15) is 0 Å². The summed E-state index contributed by atoms with van der Waals surface area (Å²) in [5.74, 6) is 0.941. The van der Waals surface area contributed by atoms with Crippen molar-refractivity contribution in [1.82, 2.24) is 0 Å². The van der Waals surface area contributed by atoms with E-state index in [9.17, 15) is 0 Å². The Morgan fingerprint density at radius 1 is 1.25 bits per heavy atom. The van der Waals surface area contributed by atoms with Crippen molar-refractivity contribution in [3.63, 3.8) is 0 Å². The summed E-state index contributed by atoms with van der Waals surface area (Å²) in [6, 6.07) is 6.41. The Bertz CT molecular complexity index is 370. The van der Waals surface area contributed by atoms with E-state index in [1.165, 1.54) is 5.56 Å². The Morgan fingerprint density at radius 3 is 2.44 bits per heavy atom. The molecule has 1 aromatic rings. The zero-order valence-electron chi connectivity index (χ0n) is 11.0. The van der Waals surface area contributed by atoms with Gasteiger partial charge in [-0.3, -0.25) is 0 Å². The van der Waals surface area contributed by atoms with Gasteiger partial charge in [0.2, 0.25) is 0 Å². The van der Waals surface area contributed by atoms with E-state index in [0.717, 1.165) is 17.7 Å². The molecule has 0 aliphatic carbocycles. The van der Waals surface area contributed by atoms with Crippen molar-refractivity contribution in [1.29, 1.82) is 0 Å². The second kappa shape index (κ2) is 5.20. The van der Waals surface area contributed by atoms with Gasteiger partial charge in [0.25, 0.3) is 0 Å². The Hall–Kier alpha value is -1.24. The fraction of sp³-hybridized carbons (Fsp3) is 0.467. The summed E-state index contributed by atoms with van der Waals surface area (Å²) < 4.78 is 5.33. The van der Waals surface area contributed by atoms with Crippen LogP contribution in [-0.4, -0.2) is 7.11 Å². The third-order valence-electron chi connectivity index (χ3n) is 2.37. The lowest BCUT2D eigenvalue weighted by molar-refractivity contribution is 0.406. The zero-order valence-corrected chi connectivity index (χ0v) is 11.0. The molecule has 1 aromatic carbocycles. The monoisotopic (exact) mass is 218 g/mol. The molecule has 0 atom stereocenters. The lowest BCUT2D eigenvalue weighted by Crippen LogP contribution is -2.09. The molecule has 0 saturated carbocycles. The molecule has 16 heavy (non-hydrogen) atoms. The van der Waals surface area contributed by atoms with Crippen LogP contribution in [-0.2, 0) is 6.42 Å². The maximum atomic E-state index is 5.33. The standard InChI is InChI=1S/C15H22O/c1-6-7-13-10-12(11-15(2,3)4)8-9-14(13)16-5/h6-10H,11H2,1-5H3. The molecule has 0 heterocycles. The predicted octanol–water partition coefficient (Wildman–Crippen LogP) is 4.32. The number of rotatable bonds is 3. The van der Waals surface area contributed by atoms with Crippen molar-refractivity contribution in [2.24, 2.45) is 5.41 Å². The van der Waals surface area contributed by atoms with E-state index in [2.05, 4.69) is 45.0 Å². The fourth-order valence-corrected chi connectivity index (χ4v) is 1.82. The van der Waals surface area contributed by atoms with Crippen LogP contribution in [0.15, 0.2) is 24.3 Å². The quantitative estimate of drug-likeness (QED) is 0.734. The maximum Gasteiger partial charge on any atom is 0.126 e. The van der Waals surface area contributed by atoms with Gasteiger partial charge in [0.05, 0.1) is 7.11 Å². The van der Waals surface area contributed by atoms with E-state index in [1.807, 2.05) is 13.0 Å². The van der Waals surface area contributed by atoms with Gasteiger partial charge in [0.15, 0.2) is 0 Å². The minimum atomic E-state index is 0.321. The molecule has 0 saturated heterocycles. The first-order valence-corrected chi connectivity index (χ1v) is 5.76. The molecule has 0 spiro atoms. The summed E-state index contributed by atoms with van der Waals surface area (Å²) >= 11 is 0. The normalized spacial score (nSPS) is 12.1. The van der Waals surface area contributed by atoms with Crippen molar-refractivity contribution >= 4 is 6.08 Å². The summed E-state index contributed by atoms with van der Waals surface area (Å²) in [7, 11) is 1.71. The van der Waals surface area contributed by atoms with Crippen LogP contribution < -0.4 is 4.74 Å². The molecular weight excluding hydrogens is 196 g/mol. The molecule has 0 aliphatic rings. The molecule has 0 amide bonds. The first-order valence-electron chi connectivity index (χ1n) is 5.76. The van der Waals surface area contributed by atoms with E-state index in [1.54, 1.807) is 7.11 Å². The highest BCUT2D eigenvalue weighted by molar-refractivity contribution is 5.58. The van der Waals surface area contributed by atoms with Crippen LogP contribution in [0.5, 0.6) is 5.75 Å². The van der Waals surface area contributed by atoms with E-state index in [0.29, 0.717) is 5.41 Å². The van der Waals surface area contributed by atoms with Crippen molar-refractivity contribution in [3.8, 4) is 5.75 Å². The number of methoxy groups -OCH3 is 1. The summed E-state index contributed by atoms with van der Waals surface area (Å²) in [6.45, 7) is 8.79. The molecule has 0 N–H and O–H groups in total. The number of hydrogen-bond acceptors (Lipinski definition) is 1. The molecule has 1 rings (SSSR count). The van der Waals surface area contributed by atoms with E-state index in [4.69, 9.17) is 4.74 Å². The smallest absolute Gasteiger partial charge is 0.126 e.